The second kappa shape index (κ2) is 7.43. The molecule has 26 heavy (non-hydrogen) atoms. The van der Waals surface area contributed by atoms with Crippen LogP contribution in [-0.4, -0.2) is 27.3 Å². The number of thioether (sulfide) groups is 1. The lowest BCUT2D eigenvalue weighted by atomic mass is 9.86. The van der Waals surface area contributed by atoms with E-state index in [9.17, 15) is 9.59 Å². The first kappa shape index (κ1) is 17.6. The molecule has 1 amide bonds. The molecule has 6 heteroatoms. The summed E-state index contributed by atoms with van der Waals surface area (Å²) in [6.07, 6.45) is 6.73. The number of para-hydroxylation sites is 1. The molecule has 1 aromatic carbocycles. The smallest absolute Gasteiger partial charge is 0.262 e. The summed E-state index contributed by atoms with van der Waals surface area (Å²) in [5, 5.41) is 4.51. The number of carbonyl (C=O) groups is 1. The van der Waals surface area contributed by atoms with Crippen molar-refractivity contribution in [3.63, 3.8) is 0 Å². The Bertz CT molecular complexity index is 875. The number of rotatable bonds is 5. The van der Waals surface area contributed by atoms with Gasteiger partial charge in [0.15, 0.2) is 5.16 Å². The van der Waals surface area contributed by atoms with Crippen LogP contribution in [0.5, 0.6) is 0 Å². The Balaban J connectivity index is 1.50. The molecule has 2 saturated carbocycles. The molecule has 0 aliphatic heterocycles. The molecule has 1 N–H and O–H groups in total. The highest BCUT2D eigenvalue weighted by Crippen LogP contribution is 2.36. The van der Waals surface area contributed by atoms with Gasteiger partial charge in [0.05, 0.1) is 16.7 Å². The van der Waals surface area contributed by atoms with E-state index in [1.807, 2.05) is 24.3 Å². The summed E-state index contributed by atoms with van der Waals surface area (Å²) < 4.78 is 1.80. The van der Waals surface area contributed by atoms with Gasteiger partial charge < -0.3 is 5.32 Å². The van der Waals surface area contributed by atoms with Gasteiger partial charge in [0.1, 0.15) is 0 Å². The van der Waals surface area contributed by atoms with Crippen LogP contribution in [0.25, 0.3) is 10.9 Å². The molecule has 0 saturated heterocycles. The predicted octanol–water partition coefficient (Wildman–Crippen LogP) is 3.52. The molecule has 2 aromatic rings. The van der Waals surface area contributed by atoms with Gasteiger partial charge in [-0.1, -0.05) is 43.7 Å². The first-order valence-corrected chi connectivity index (χ1v) is 10.6. The van der Waals surface area contributed by atoms with Gasteiger partial charge in [0.25, 0.3) is 5.56 Å². The molecule has 1 heterocycles. The fourth-order valence-corrected chi connectivity index (χ4v) is 4.67. The summed E-state index contributed by atoms with van der Waals surface area (Å²) >= 11 is 1.38. The van der Waals surface area contributed by atoms with Crippen LogP contribution < -0.4 is 10.9 Å². The molecule has 138 valence electrons. The summed E-state index contributed by atoms with van der Waals surface area (Å²) in [4.78, 5) is 29.9. The predicted molar refractivity (Wildman–Crippen MR) is 105 cm³/mol. The van der Waals surface area contributed by atoms with E-state index in [0.717, 1.165) is 19.3 Å². The van der Waals surface area contributed by atoms with Crippen molar-refractivity contribution in [2.75, 3.05) is 5.75 Å². The van der Waals surface area contributed by atoms with E-state index in [2.05, 4.69) is 17.2 Å². The quantitative estimate of drug-likeness (QED) is 0.645. The number of nitrogens with one attached hydrogen (secondary N) is 1. The summed E-state index contributed by atoms with van der Waals surface area (Å²) in [6.45, 7) is 2.22. The number of benzene rings is 1. The standard InChI is InChI=1S/C20H25N3O2S/c1-13-6-2-4-8-16(13)21-18(24)12-26-20-22-17-9-5-3-7-15(17)19(25)23(20)14-10-11-14/h3,5,7,9,13-14,16H,2,4,6,8,10-12H2,1H3,(H,21,24)/t13-,16+/m1/s1. The summed E-state index contributed by atoms with van der Waals surface area (Å²) in [5.74, 6) is 0.889. The molecular weight excluding hydrogens is 346 g/mol. The Morgan fingerprint density at radius 2 is 2.00 bits per heavy atom. The highest BCUT2D eigenvalue weighted by molar-refractivity contribution is 7.99. The summed E-state index contributed by atoms with van der Waals surface area (Å²) in [5.41, 5.74) is 0.722. The highest BCUT2D eigenvalue weighted by atomic mass is 32.2. The van der Waals surface area contributed by atoms with Gasteiger partial charge >= 0.3 is 0 Å². The molecule has 0 bridgehead atoms. The first-order chi connectivity index (χ1) is 12.6. The van der Waals surface area contributed by atoms with E-state index in [-0.39, 0.29) is 23.6 Å². The van der Waals surface area contributed by atoms with Crippen LogP contribution in [0.2, 0.25) is 0 Å². The number of hydrogen-bond donors (Lipinski definition) is 1. The van der Waals surface area contributed by atoms with Crippen molar-refractivity contribution >= 4 is 28.6 Å². The molecule has 5 nitrogen and oxygen atoms in total. The van der Waals surface area contributed by atoms with Crippen molar-refractivity contribution in [3.8, 4) is 0 Å². The minimum absolute atomic E-state index is 0.0157. The molecule has 1 aromatic heterocycles. The van der Waals surface area contributed by atoms with E-state index in [1.165, 1.54) is 31.0 Å². The number of carbonyl (C=O) groups excluding carboxylic acids is 1. The lowest BCUT2D eigenvalue weighted by molar-refractivity contribution is -0.119. The number of aromatic nitrogens is 2. The van der Waals surface area contributed by atoms with Crippen LogP contribution in [0.1, 0.15) is 51.5 Å². The van der Waals surface area contributed by atoms with E-state index in [0.29, 0.717) is 27.7 Å². The second-order valence-electron chi connectivity index (χ2n) is 7.54. The monoisotopic (exact) mass is 371 g/mol. The third-order valence-corrected chi connectivity index (χ3v) is 6.43. The van der Waals surface area contributed by atoms with Crippen molar-refractivity contribution in [1.82, 2.24) is 14.9 Å². The number of amides is 1. The minimum Gasteiger partial charge on any atom is -0.352 e. The number of hydrogen-bond acceptors (Lipinski definition) is 4. The van der Waals surface area contributed by atoms with Gasteiger partial charge in [-0.15, -0.1) is 0 Å². The maximum Gasteiger partial charge on any atom is 0.262 e. The highest BCUT2D eigenvalue weighted by Gasteiger charge is 2.29. The molecule has 2 aliphatic carbocycles. The zero-order valence-corrected chi connectivity index (χ0v) is 15.9. The average Bonchev–Trinajstić information content (AvgIpc) is 3.47. The third kappa shape index (κ3) is 3.65. The Morgan fingerprint density at radius 1 is 1.23 bits per heavy atom. The molecule has 2 fully saturated rings. The second-order valence-corrected chi connectivity index (χ2v) is 8.48. The zero-order chi connectivity index (χ0) is 18.1. The van der Waals surface area contributed by atoms with Crippen LogP contribution in [0.15, 0.2) is 34.2 Å². The Labute approximate surface area is 157 Å². The largest absolute Gasteiger partial charge is 0.352 e. The lowest BCUT2D eigenvalue weighted by Gasteiger charge is -2.29. The molecule has 2 atom stereocenters. The van der Waals surface area contributed by atoms with E-state index < -0.39 is 0 Å². The van der Waals surface area contributed by atoms with Gasteiger partial charge in [0.2, 0.25) is 5.91 Å². The molecular formula is C20H25N3O2S. The van der Waals surface area contributed by atoms with Gasteiger partial charge in [-0.2, -0.15) is 0 Å². The molecule has 2 aliphatic rings. The fourth-order valence-electron chi connectivity index (χ4n) is 3.79. The topological polar surface area (TPSA) is 64.0 Å². The number of nitrogens with zero attached hydrogens (tertiary/aromatic N) is 2. The van der Waals surface area contributed by atoms with E-state index >= 15 is 0 Å². The van der Waals surface area contributed by atoms with E-state index in [4.69, 9.17) is 0 Å². The Kier molecular flexibility index (Phi) is 5.02. The first-order valence-electron chi connectivity index (χ1n) is 9.57. The van der Waals surface area contributed by atoms with Crippen molar-refractivity contribution < 1.29 is 4.79 Å². The van der Waals surface area contributed by atoms with Crippen LogP contribution in [0, 0.1) is 5.92 Å². The van der Waals surface area contributed by atoms with Gasteiger partial charge in [-0.05, 0) is 43.7 Å². The van der Waals surface area contributed by atoms with Crippen molar-refractivity contribution in [2.45, 2.75) is 62.7 Å². The molecule has 0 spiro atoms. The molecule has 4 rings (SSSR count). The van der Waals surface area contributed by atoms with Crippen molar-refractivity contribution in [2.24, 2.45) is 5.92 Å². The van der Waals surface area contributed by atoms with Gasteiger partial charge in [-0.25, -0.2) is 4.98 Å². The zero-order valence-electron chi connectivity index (χ0n) is 15.1. The van der Waals surface area contributed by atoms with Crippen LogP contribution in [-0.2, 0) is 4.79 Å². The SMILES string of the molecule is C[C@@H]1CCCC[C@@H]1NC(=O)CSc1nc2ccccc2c(=O)n1C1CC1. The minimum atomic E-state index is 0.0157. The Hall–Kier alpha value is -1.82. The van der Waals surface area contributed by atoms with Gasteiger partial charge in [0, 0.05) is 12.1 Å². The maximum absolute atomic E-state index is 12.8. The number of fused-ring (bicyclic) bond motifs is 1. The normalized spacial score (nSPS) is 23.1. The van der Waals surface area contributed by atoms with Crippen molar-refractivity contribution in [1.29, 1.82) is 0 Å². The average molecular weight is 372 g/mol. The van der Waals surface area contributed by atoms with Crippen molar-refractivity contribution in [3.05, 3.63) is 34.6 Å². The molecule has 0 radical (unpaired) electrons. The summed E-state index contributed by atoms with van der Waals surface area (Å²) in [6, 6.07) is 7.98. The van der Waals surface area contributed by atoms with Crippen LogP contribution >= 0.6 is 11.8 Å². The third-order valence-electron chi connectivity index (χ3n) is 5.48. The molecule has 0 unspecified atom stereocenters. The fraction of sp³-hybridized carbons (Fsp3) is 0.550. The maximum atomic E-state index is 12.8. The van der Waals surface area contributed by atoms with Gasteiger partial charge in [-0.3, -0.25) is 14.2 Å². The Morgan fingerprint density at radius 3 is 2.77 bits per heavy atom. The van der Waals surface area contributed by atoms with E-state index in [1.54, 1.807) is 4.57 Å². The lowest BCUT2D eigenvalue weighted by Crippen LogP contribution is -2.41. The summed E-state index contributed by atoms with van der Waals surface area (Å²) in [7, 11) is 0. The van der Waals surface area contributed by atoms with Crippen LogP contribution in [0.3, 0.4) is 0 Å². The van der Waals surface area contributed by atoms with Crippen LogP contribution in [0.4, 0.5) is 0 Å².